The van der Waals surface area contributed by atoms with Crippen molar-refractivity contribution in [2.24, 2.45) is 0 Å². The molecule has 6 heteroatoms. The van der Waals surface area contributed by atoms with Gasteiger partial charge in [-0.1, -0.05) is 308 Å². The molecule has 470 valence electrons. The van der Waals surface area contributed by atoms with Crippen molar-refractivity contribution in [3.8, 4) is 0 Å². The summed E-state index contributed by atoms with van der Waals surface area (Å²) in [6.45, 7) is 6.31. The zero-order valence-corrected chi connectivity index (χ0v) is 53.9. The normalized spacial score (nSPS) is 13.0. The van der Waals surface area contributed by atoms with Crippen molar-refractivity contribution in [2.45, 2.75) is 309 Å². The third-order valence-electron chi connectivity index (χ3n) is 14.3. The van der Waals surface area contributed by atoms with Crippen LogP contribution < -0.4 is 0 Å². The van der Waals surface area contributed by atoms with Crippen LogP contribution in [0, 0.1) is 0 Å². The Morgan fingerprint density at radius 3 is 0.747 bits per heavy atom. The van der Waals surface area contributed by atoms with Crippen molar-refractivity contribution in [3.05, 3.63) is 146 Å². The van der Waals surface area contributed by atoms with Crippen LogP contribution in [0.5, 0.6) is 0 Å². The van der Waals surface area contributed by atoms with Crippen LogP contribution in [0.1, 0.15) is 303 Å². The molecule has 0 rings (SSSR count). The van der Waals surface area contributed by atoms with Crippen molar-refractivity contribution in [2.75, 3.05) is 13.2 Å². The van der Waals surface area contributed by atoms with Crippen LogP contribution in [0.25, 0.3) is 0 Å². The number of ether oxygens (including phenoxy) is 3. The third-order valence-corrected chi connectivity index (χ3v) is 14.3. The highest BCUT2D eigenvalue weighted by atomic mass is 16.6. The smallest absolute Gasteiger partial charge is 0.306 e. The Morgan fingerprint density at radius 2 is 0.470 bits per heavy atom. The summed E-state index contributed by atoms with van der Waals surface area (Å²) in [6.07, 6.45) is 101. The number of hydrogen-bond acceptors (Lipinski definition) is 6. The first kappa shape index (κ1) is 78.3. The van der Waals surface area contributed by atoms with E-state index in [1.54, 1.807) is 0 Å². The Hall–Kier alpha value is -4.71. The monoisotopic (exact) mass is 1150 g/mol. The van der Waals surface area contributed by atoms with Gasteiger partial charge >= 0.3 is 17.9 Å². The second kappa shape index (κ2) is 69.8. The molecule has 0 fully saturated rings. The molecule has 0 aliphatic heterocycles. The summed E-state index contributed by atoms with van der Waals surface area (Å²) >= 11 is 0. The highest BCUT2D eigenvalue weighted by Crippen LogP contribution is 2.17. The number of allylic oxidation sites excluding steroid dienone is 24. The Labute approximate surface area is 512 Å². The second-order valence-corrected chi connectivity index (χ2v) is 22.3. The minimum Gasteiger partial charge on any atom is -0.462 e. The summed E-state index contributed by atoms with van der Waals surface area (Å²) in [6, 6.07) is 0. The quantitative estimate of drug-likeness (QED) is 0.0261. The number of carbonyl (C=O) groups excluding carboxylic acids is 3. The van der Waals surface area contributed by atoms with Crippen LogP contribution in [-0.2, 0) is 28.6 Å². The van der Waals surface area contributed by atoms with E-state index >= 15 is 0 Å². The van der Waals surface area contributed by atoms with Crippen LogP contribution >= 0.6 is 0 Å². The maximum Gasteiger partial charge on any atom is 0.306 e. The molecular weight excluding hydrogens is 1020 g/mol. The molecule has 0 aromatic carbocycles. The third kappa shape index (κ3) is 68.0. The molecule has 0 spiro atoms. The molecule has 0 aliphatic carbocycles. The van der Waals surface area contributed by atoms with Crippen molar-refractivity contribution in [3.63, 3.8) is 0 Å². The van der Waals surface area contributed by atoms with Crippen LogP contribution in [0.15, 0.2) is 146 Å². The SMILES string of the molecule is CC/C=C\C/C=C\C/C=C\C/C=C\C/C=C\C/C=C\C/C=C\CCCCCC(=O)OC(COC(=O)CCCCCCC)COC(=O)CCCCCCCCCCCCCCCCCCCCC/C=C\C/C=C\C/C=C\C/C=C\C/C=C\CC. The van der Waals surface area contributed by atoms with E-state index in [4.69, 9.17) is 14.2 Å². The van der Waals surface area contributed by atoms with Crippen LogP contribution in [0.2, 0.25) is 0 Å². The van der Waals surface area contributed by atoms with Crippen LogP contribution in [0.3, 0.4) is 0 Å². The molecule has 0 heterocycles. The van der Waals surface area contributed by atoms with E-state index in [2.05, 4.69) is 167 Å². The van der Waals surface area contributed by atoms with Gasteiger partial charge in [-0.3, -0.25) is 14.4 Å². The van der Waals surface area contributed by atoms with E-state index in [9.17, 15) is 14.4 Å². The van der Waals surface area contributed by atoms with E-state index in [-0.39, 0.29) is 37.5 Å². The van der Waals surface area contributed by atoms with Gasteiger partial charge in [0.25, 0.3) is 0 Å². The number of hydrogen-bond donors (Lipinski definition) is 0. The molecule has 0 aliphatic rings. The molecule has 1 unspecified atom stereocenters. The molecular formula is C77H126O6. The fourth-order valence-corrected chi connectivity index (χ4v) is 9.27. The van der Waals surface area contributed by atoms with Gasteiger partial charge < -0.3 is 14.2 Å². The van der Waals surface area contributed by atoms with E-state index in [1.165, 1.54) is 109 Å². The number of carbonyl (C=O) groups is 3. The first-order chi connectivity index (χ1) is 41.0. The highest BCUT2D eigenvalue weighted by Gasteiger charge is 2.19. The molecule has 0 bridgehead atoms. The highest BCUT2D eigenvalue weighted by molar-refractivity contribution is 5.71. The van der Waals surface area contributed by atoms with Gasteiger partial charge in [0.1, 0.15) is 13.2 Å². The molecule has 6 nitrogen and oxygen atoms in total. The van der Waals surface area contributed by atoms with Gasteiger partial charge in [-0.25, -0.2) is 0 Å². The maximum absolute atomic E-state index is 12.8. The minimum absolute atomic E-state index is 0.0930. The van der Waals surface area contributed by atoms with Gasteiger partial charge in [-0.15, -0.1) is 0 Å². The summed E-state index contributed by atoms with van der Waals surface area (Å²) in [5.74, 6) is -0.937. The van der Waals surface area contributed by atoms with E-state index in [0.29, 0.717) is 12.8 Å². The second-order valence-electron chi connectivity index (χ2n) is 22.3. The molecule has 0 saturated heterocycles. The summed E-state index contributed by atoms with van der Waals surface area (Å²) in [5, 5.41) is 0. The molecule has 0 aromatic rings. The molecule has 0 N–H and O–H groups in total. The zero-order chi connectivity index (χ0) is 59.9. The van der Waals surface area contributed by atoms with E-state index < -0.39 is 6.10 Å². The average Bonchev–Trinajstić information content (AvgIpc) is 3.49. The predicted molar refractivity (Wildman–Crippen MR) is 362 cm³/mol. The summed E-state index contributed by atoms with van der Waals surface area (Å²) < 4.78 is 16.8. The molecule has 0 aromatic heterocycles. The topological polar surface area (TPSA) is 78.9 Å². The first-order valence-electron chi connectivity index (χ1n) is 34.3. The Kier molecular flexibility index (Phi) is 65.8. The first-order valence-corrected chi connectivity index (χ1v) is 34.3. The Bertz CT molecular complexity index is 1800. The van der Waals surface area contributed by atoms with Crippen molar-refractivity contribution in [1.82, 2.24) is 0 Å². The van der Waals surface area contributed by atoms with Crippen molar-refractivity contribution < 1.29 is 28.6 Å². The number of unbranched alkanes of at least 4 members (excludes halogenated alkanes) is 26. The lowest BCUT2D eigenvalue weighted by Gasteiger charge is -2.18. The van der Waals surface area contributed by atoms with Gasteiger partial charge in [0, 0.05) is 19.3 Å². The summed E-state index contributed by atoms with van der Waals surface area (Å²) in [5.41, 5.74) is 0. The molecule has 1 atom stereocenters. The Morgan fingerprint density at radius 1 is 0.253 bits per heavy atom. The van der Waals surface area contributed by atoms with Crippen molar-refractivity contribution in [1.29, 1.82) is 0 Å². The average molecular weight is 1150 g/mol. The molecule has 0 radical (unpaired) electrons. The molecule has 83 heavy (non-hydrogen) atoms. The predicted octanol–water partition coefficient (Wildman–Crippen LogP) is 23.9. The largest absolute Gasteiger partial charge is 0.462 e. The fraction of sp³-hybridized carbons (Fsp3) is 0.649. The van der Waals surface area contributed by atoms with Gasteiger partial charge in [0.05, 0.1) is 0 Å². The van der Waals surface area contributed by atoms with Gasteiger partial charge in [-0.05, 0) is 122 Å². The van der Waals surface area contributed by atoms with E-state index in [1.807, 2.05) is 0 Å². The lowest BCUT2D eigenvalue weighted by Crippen LogP contribution is -2.30. The summed E-state index contributed by atoms with van der Waals surface area (Å²) in [7, 11) is 0. The Balaban J connectivity index is 4.03. The zero-order valence-electron chi connectivity index (χ0n) is 53.9. The molecule has 0 amide bonds. The standard InChI is InChI=1S/C77H126O6/c1-4-7-10-13-15-17-19-21-23-25-27-29-31-33-34-35-36-37-38-39-40-41-42-44-45-47-49-51-53-55-57-59-61-64-67-70-76(79)82-73-74(72-81-75(78)69-66-63-12-9-6-3)83-77(80)71-68-65-62-60-58-56-54-52-50-48-46-43-32-30-28-26-24-22-20-18-16-14-11-8-5-2/h7-8,10-11,15-18,21-24,27-30,33-34,43,46,50,52,56,58,74H,4-6,9,12-14,19-20,25-26,31-32,35-42,44-45,47-49,51,53-55,57,59-73H2,1-3H3/b10-7-,11-8-,17-15-,18-16-,23-21-,24-22-,29-27-,30-28-,34-33-,46-43-,52-50-,58-56-. The van der Waals surface area contributed by atoms with Crippen LogP contribution in [0.4, 0.5) is 0 Å². The molecule has 0 saturated carbocycles. The van der Waals surface area contributed by atoms with Gasteiger partial charge in [0.15, 0.2) is 6.10 Å². The van der Waals surface area contributed by atoms with E-state index in [0.717, 1.165) is 154 Å². The van der Waals surface area contributed by atoms with Crippen LogP contribution in [-0.4, -0.2) is 37.2 Å². The lowest BCUT2D eigenvalue weighted by atomic mass is 10.0. The van der Waals surface area contributed by atoms with Gasteiger partial charge in [-0.2, -0.15) is 0 Å². The maximum atomic E-state index is 12.8. The minimum atomic E-state index is -0.796. The van der Waals surface area contributed by atoms with Gasteiger partial charge in [0.2, 0.25) is 0 Å². The summed E-state index contributed by atoms with van der Waals surface area (Å²) in [4.78, 5) is 38.0. The van der Waals surface area contributed by atoms with Crippen molar-refractivity contribution >= 4 is 17.9 Å². The number of rotatable bonds is 61. The number of esters is 3. The lowest BCUT2D eigenvalue weighted by molar-refractivity contribution is -0.167. The fourth-order valence-electron chi connectivity index (χ4n) is 9.27.